The standard InChI is InChI=1S/C31H38ClN3O5S/c1-5-7-20-33-31(37)29(6-2)34(21-24-10-8-9-11-28(24)32)30(36)22-35(25-14-12-23(3)13-15-25)41(38,39)27-18-16-26(40-4)17-19-27/h8-19,29H,5-7,20-22H2,1-4H3,(H,33,37)/t29-/m0/s1. The number of carbonyl (C=O) groups excluding carboxylic acids is 2. The van der Waals surface area contributed by atoms with Crippen LogP contribution >= 0.6 is 11.6 Å². The van der Waals surface area contributed by atoms with Crippen LogP contribution in [0.3, 0.4) is 0 Å². The molecule has 3 aromatic rings. The van der Waals surface area contributed by atoms with Crippen LogP contribution in [0.25, 0.3) is 0 Å². The lowest BCUT2D eigenvalue weighted by atomic mass is 10.1. The van der Waals surface area contributed by atoms with E-state index in [1.54, 1.807) is 60.7 Å². The molecule has 0 saturated heterocycles. The molecule has 0 unspecified atom stereocenters. The number of hydrogen-bond acceptors (Lipinski definition) is 5. The molecule has 0 aliphatic rings. The molecule has 0 spiro atoms. The Morgan fingerprint density at radius 2 is 1.63 bits per heavy atom. The van der Waals surface area contributed by atoms with E-state index in [-0.39, 0.29) is 17.3 Å². The van der Waals surface area contributed by atoms with Gasteiger partial charge in [-0.3, -0.25) is 13.9 Å². The molecule has 0 aromatic heterocycles. The predicted octanol–water partition coefficient (Wildman–Crippen LogP) is 5.58. The number of rotatable bonds is 14. The highest BCUT2D eigenvalue weighted by Gasteiger charge is 2.34. The third-order valence-corrected chi connectivity index (χ3v) is 8.92. The maximum Gasteiger partial charge on any atom is 0.264 e. The number of sulfonamides is 1. The third kappa shape index (κ3) is 8.24. The monoisotopic (exact) mass is 599 g/mol. The van der Waals surface area contributed by atoms with Crippen LogP contribution in [0.4, 0.5) is 5.69 Å². The second kappa shape index (κ2) is 14.9. The Morgan fingerprint density at radius 1 is 0.976 bits per heavy atom. The average molecular weight is 600 g/mol. The van der Waals surface area contributed by atoms with Crippen molar-refractivity contribution in [2.75, 3.05) is 24.5 Å². The summed E-state index contributed by atoms with van der Waals surface area (Å²) in [7, 11) is -2.67. The number of unbranched alkanes of at least 4 members (excludes halogenated alkanes) is 1. The van der Waals surface area contributed by atoms with Crippen molar-refractivity contribution in [1.82, 2.24) is 10.2 Å². The van der Waals surface area contributed by atoms with Crippen molar-refractivity contribution in [3.05, 3.63) is 88.9 Å². The van der Waals surface area contributed by atoms with Gasteiger partial charge in [0.05, 0.1) is 17.7 Å². The minimum absolute atomic E-state index is 0.00804. The van der Waals surface area contributed by atoms with E-state index in [1.165, 1.54) is 24.1 Å². The van der Waals surface area contributed by atoms with E-state index in [0.29, 0.717) is 35.0 Å². The number of nitrogens with one attached hydrogen (secondary N) is 1. The molecule has 0 aliphatic carbocycles. The summed E-state index contributed by atoms with van der Waals surface area (Å²) >= 11 is 6.44. The fourth-order valence-corrected chi connectivity index (χ4v) is 5.96. The van der Waals surface area contributed by atoms with Gasteiger partial charge in [-0.1, -0.05) is 67.8 Å². The number of ether oxygens (including phenoxy) is 1. The Morgan fingerprint density at radius 3 is 2.22 bits per heavy atom. The number of amides is 2. The molecule has 2 amide bonds. The fourth-order valence-electron chi connectivity index (χ4n) is 4.35. The zero-order valence-electron chi connectivity index (χ0n) is 24.0. The minimum atomic E-state index is -4.17. The topological polar surface area (TPSA) is 96.0 Å². The number of anilines is 1. The van der Waals surface area contributed by atoms with E-state index in [4.69, 9.17) is 16.3 Å². The summed E-state index contributed by atoms with van der Waals surface area (Å²) < 4.78 is 34.2. The van der Waals surface area contributed by atoms with E-state index < -0.39 is 28.5 Å². The van der Waals surface area contributed by atoms with Gasteiger partial charge in [0.2, 0.25) is 11.8 Å². The van der Waals surface area contributed by atoms with E-state index in [9.17, 15) is 18.0 Å². The van der Waals surface area contributed by atoms with Crippen molar-refractivity contribution >= 4 is 39.1 Å². The van der Waals surface area contributed by atoms with Crippen LogP contribution in [0.2, 0.25) is 5.02 Å². The molecular formula is C31H38ClN3O5S. The fraction of sp³-hybridized carbons (Fsp3) is 0.355. The molecule has 0 radical (unpaired) electrons. The molecule has 0 bridgehead atoms. The summed E-state index contributed by atoms with van der Waals surface area (Å²) in [4.78, 5) is 28.8. The molecule has 3 aromatic carbocycles. The van der Waals surface area contributed by atoms with Crippen molar-refractivity contribution in [3.8, 4) is 5.75 Å². The van der Waals surface area contributed by atoms with E-state index in [2.05, 4.69) is 5.32 Å². The van der Waals surface area contributed by atoms with Crippen LogP contribution < -0.4 is 14.4 Å². The van der Waals surface area contributed by atoms with Crippen molar-refractivity contribution in [3.63, 3.8) is 0 Å². The second-order valence-corrected chi connectivity index (χ2v) is 12.0. The summed E-state index contributed by atoms with van der Waals surface area (Å²) in [5.41, 5.74) is 1.93. The Hall–Kier alpha value is -3.56. The molecular weight excluding hydrogens is 562 g/mol. The highest BCUT2D eigenvalue weighted by Crippen LogP contribution is 2.27. The lowest BCUT2D eigenvalue weighted by Crippen LogP contribution is -2.52. The molecule has 1 N–H and O–H groups in total. The lowest BCUT2D eigenvalue weighted by molar-refractivity contribution is -0.140. The first-order valence-corrected chi connectivity index (χ1v) is 15.5. The number of aryl methyl sites for hydroxylation is 1. The van der Waals surface area contributed by atoms with Crippen LogP contribution in [0.5, 0.6) is 5.75 Å². The zero-order valence-corrected chi connectivity index (χ0v) is 25.5. The molecule has 1 atom stereocenters. The van der Waals surface area contributed by atoms with Gasteiger partial charge in [-0.05, 0) is 67.8 Å². The second-order valence-electron chi connectivity index (χ2n) is 9.70. The van der Waals surface area contributed by atoms with Gasteiger partial charge >= 0.3 is 0 Å². The Balaban J connectivity index is 2.04. The molecule has 0 aliphatic heterocycles. The molecule has 0 saturated carbocycles. The van der Waals surface area contributed by atoms with Gasteiger partial charge in [0.15, 0.2) is 0 Å². The van der Waals surface area contributed by atoms with Crippen LogP contribution in [-0.4, -0.2) is 51.4 Å². The maximum absolute atomic E-state index is 14.1. The lowest BCUT2D eigenvalue weighted by Gasteiger charge is -2.33. The van der Waals surface area contributed by atoms with E-state index >= 15 is 0 Å². The molecule has 10 heteroatoms. The molecule has 0 heterocycles. The normalized spacial score (nSPS) is 11.9. The summed E-state index contributed by atoms with van der Waals surface area (Å²) in [5, 5.41) is 3.37. The minimum Gasteiger partial charge on any atom is -0.497 e. The van der Waals surface area contributed by atoms with Crippen LogP contribution in [0, 0.1) is 6.92 Å². The van der Waals surface area contributed by atoms with Gasteiger partial charge in [-0.2, -0.15) is 0 Å². The number of hydrogen-bond donors (Lipinski definition) is 1. The molecule has 8 nitrogen and oxygen atoms in total. The number of carbonyl (C=O) groups is 2. The smallest absolute Gasteiger partial charge is 0.264 e. The maximum atomic E-state index is 14.1. The van der Waals surface area contributed by atoms with Gasteiger partial charge in [0.1, 0.15) is 18.3 Å². The molecule has 220 valence electrons. The quantitative estimate of drug-likeness (QED) is 0.244. The first-order chi connectivity index (χ1) is 19.6. The third-order valence-electron chi connectivity index (χ3n) is 6.76. The summed E-state index contributed by atoms with van der Waals surface area (Å²) in [6.07, 6.45) is 2.06. The first kappa shape index (κ1) is 32.0. The molecule has 0 fully saturated rings. The highest BCUT2D eigenvalue weighted by molar-refractivity contribution is 7.92. The van der Waals surface area contributed by atoms with Crippen molar-refractivity contribution in [2.45, 2.75) is 57.5 Å². The Labute approximate surface area is 248 Å². The Bertz CT molecular complexity index is 1410. The first-order valence-electron chi connectivity index (χ1n) is 13.7. The van der Waals surface area contributed by atoms with Gasteiger partial charge in [0, 0.05) is 18.1 Å². The molecule has 3 rings (SSSR count). The number of nitrogens with zero attached hydrogens (tertiary/aromatic N) is 2. The number of benzene rings is 3. The zero-order chi connectivity index (χ0) is 30.0. The van der Waals surface area contributed by atoms with Crippen molar-refractivity contribution in [2.24, 2.45) is 0 Å². The van der Waals surface area contributed by atoms with E-state index in [1.807, 2.05) is 20.8 Å². The summed E-state index contributed by atoms with van der Waals surface area (Å²) in [5.74, 6) is -0.311. The van der Waals surface area contributed by atoms with Gasteiger partial charge in [0.25, 0.3) is 10.0 Å². The highest BCUT2D eigenvalue weighted by atomic mass is 35.5. The predicted molar refractivity (Wildman–Crippen MR) is 163 cm³/mol. The SMILES string of the molecule is CCCCNC(=O)[C@H](CC)N(Cc1ccccc1Cl)C(=O)CN(c1ccc(C)cc1)S(=O)(=O)c1ccc(OC)cc1. The van der Waals surface area contributed by atoms with Gasteiger partial charge in [-0.25, -0.2) is 8.42 Å². The summed E-state index contributed by atoms with van der Waals surface area (Å²) in [6.45, 7) is 5.76. The van der Waals surface area contributed by atoms with Crippen LogP contribution in [-0.2, 0) is 26.2 Å². The number of methoxy groups -OCH3 is 1. The molecule has 41 heavy (non-hydrogen) atoms. The van der Waals surface area contributed by atoms with Crippen LogP contribution in [0.15, 0.2) is 77.7 Å². The largest absolute Gasteiger partial charge is 0.497 e. The van der Waals surface area contributed by atoms with Gasteiger partial charge < -0.3 is 15.0 Å². The van der Waals surface area contributed by atoms with E-state index in [0.717, 1.165) is 22.7 Å². The Kier molecular flexibility index (Phi) is 11.6. The van der Waals surface area contributed by atoms with Crippen molar-refractivity contribution in [1.29, 1.82) is 0 Å². The van der Waals surface area contributed by atoms with Gasteiger partial charge in [-0.15, -0.1) is 0 Å². The van der Waals surface area contributed by atoms with Crippen molar-refractivity contribution < 1.29 is 22.7 Å². The average Bonchev–Trinajstić information content (AvgIpc) is 2.97. The summed E-state index contributed by atoms with van der Waals surface area (Å²) in [6, 6.07) is 19.2. The number of halogens is 1. The van der Waals surface area contributed by atoms with Crippen LogP contribution in [0.1, 0.15) is 44.2 Å².